The Kier molecular flexibility index (Phi) is 6.46. The molecule has 0 saturated heterocycles. The molecule has 7 aromatic carbocycles. The third-order valence-corrected chi connectivity index (χ3v) is 12.6. The lowest BCUT2D eigenvalue weighted by Crippen LogP contribution is -2.01. The van der Waals surface area contributed by atoms with Crippen molar-refractivity contribution in [2.24, 2.45) is 7.05 Å². The number of benzene rings is 7. The summed E-state index contributed by atoms with van der Waals surface area (Å²) in [5.41, 5.74) is 6.64. The van der Waals surface area contributed by atoms with Gasteiger partial charge in [-0.05, 0) is 68.7 Å². The van der Waals surface area contributed by atoms with Crippen LogP contribution >= 0.6 is 10.0 Å². The van der Waals surface area contributed by atoms with Crippen LogP contribution in [0.1, 0.15) is 0 Å². The Balaban J connectivity index is 1.33. The summed E-state index contributed by atoms with van der Waals surface area (Å²) < 4.78 is 4.15. The predicted molar refractivity (Wildman–Crippen MR) is 225 cm³/mol. The van der Waals surface area contributed by atoms with Gasteiger partial charge in [0.05, 0.1) is 0 Å². The number of hydrogen-bond acceptors (Lipinski definition) is 6. The molecule has 0 saturated carbocycles. The molecule has 2 aliphatic rings. The average molecular weight is 741 g/mol. The molecule has 2 aliphatic heterocycles. The van der Waals surface area contributed by atoms with Crippen molar-refractivity contribution in [2.75, 3.05) is 0 Å². The molecule has 8 bridgehead atoms. The minimum absolute atomic E-state index is 0.583. The standard InChI is InChI=1S/C45H25N8.Al.ClH.H/c1-53-44-30-16-8-9-17-31(30)45(53)52-43-37-23-29-15-7-5-13-27(29)21-35(37)41(50-43)48-39-33-19-25-11-3-2-10-24(25)18-32(33)38(46-39)47-40-34-20-26-12-4-6-14-28(26)22-36(34)42(49-40)51-44;;;/h2-23H,1H3;;1H;/q-1;+2;;/p-1. The van der Waals surface area contributed by atoms with Gasteiger partial charge in [0.15, 0.2) is 23.3 Å². The highest BCUT2D eigenvalue weighted by atomic mass is 35.6. The molecule has 55 heavy (non-hydrogen) atoms. The number of fused-ring (bicyclic) bond motifs is 23. The van der Waals surface area contributed by atoms with E-state index in [0.29, 0.717) is 23.3 Å². The van der Waals surface area contributed by atoms with E-state index >= 15 is 0 Å². The zero-order valence-corrected chi connectivity index (χ0v) is 31.5. The van der Waals surface area contributed by atoms with E-state index in [0.717, 1.165) is 98.7 Å². The molecule has 10 aromatic rings. The molecule has 10 heteroatoms. The minimum Gasteiger partial charge on any atom is -0.392 e. The highest BCUT2D eigenvalue weighted by Gasteiger charge is 2.25. The Bertz CT molecular complexity index is 3290. The van der Waals surface area contributed by atoms with Crippen molar-refractivity contribution in [3.05, 3.63) is 133 Å². The van der Waals surface area contributed by atoms with Crippen molar-refractivity contribution < 1.29 is 0 Å². The molecule has 3 aromatic heterocycles. The smallest absolute Gasteiger partial charge is 0.392 e. The van der Waals surface area contributed by atoms with Crippen molar-refractivity contribution in [1.29, 1.82) is 0 Å². The summed E-state index contributed by atoms with van der Waals surface area (Å²) in [4.78, 5) is 32.0. The lowest BCUT2D eigenvalue weighted by molar-refractivity contribution is 0.966. The Morgan fingerprint density at radius 1 is 0.382 bits per heavy atom. The third-order valence-electron chi connectivity index (χ3n) is 11.0. The molecule has 0 fully saturated rings. The number of aromatic nitrogens is 8. The average Bonchev–Trinajstić information content (AvgIpc) is 3.90. The van der Waals surface area contributed by atoms with Crippen LogP contribution in [0.15, 0.2) is 133 Å². The molecule has 0 radical (unpaired) electrons. The molecule has 0 spiro atoms. The maximum atomic E-state index is 7.07. The quantitative estimate of drug-likeness (QED) is 0.156. The van der Waals surface area contributed by atoms with Gasteiger partial charge >= 0.3 is 14.5 Å². The van der Waals surface area contributed by atoms with E-state index in [2.05, 4.69) is 125 Å². The second-order valence-corrected chi connectivity index (χ2v) is 15.7. The highest BCUT2D eigenvalue weighted by molar-refractivity contribution is 6.93. The SMILES string of the molecule is Cn1c2nc3nc(nc4c5cc6ccccc6cc5c(nc5nc(nc1c1ccccc12)-c1cc2ccccc2cc1-5)[n]4[AlH][Cl])-c1cc2ccccc2cc1-3. The van der Waals surface area contributed by atoms with Crippen molar-refractivity contribution in [3.8, 4) is 45.6 Å². The molecule has 0 N–H and O–H groups in total. The van der Waals surface area contributed by atoms with Gasteiger partial charge in [0.25, 0.3) is 0 Å². The van der Waals surface area contributed by atoms with E-state index in [-0.39, 0.29) is 0 Å². The summed E-state index contributed by atoms with van der Waals surface area (Å²) in [7, 11) is 9.08. The molecule has 256 valence electrons. The van der Waals surface area contributed by atoms with E-state index in [1.54, 1.807) is 0 Å². The van der Waals surface area contributed by atoms with Gasteiger partial charge in [-0.15, -0.1) is 0 Å². The van der Waals surface area contributed by atoms with E-state index in [9.17, 15) is 0 Å². The summed E-state index contributed by atoms with van der Waals surface area (Å²) in [5.74, 6) is 2.35. The van der Waals surface area contributed by atoms with Gasteiger partial charge in [0.1, 0.15) is 22.6 Å². The summed E-state index contributed by atoms with van der Waals surface area (Å²) in [6.45, 7) is 0. The number of halogens is 1. The lowest BCUT2D eigenvalue weighted by atomic mass is 10.0. The molecule has 8 nitrogen and oxygen atoms in total. The fourth-order valence-electron chi connectivity index (χ4n) is 8.37. The second kappa shape index (κ2) is 11.5. The van der Waals surface area contributed by atoms with Crippen LogP contribution in [0.3, 0.4) is 0 Å². The van der Waals surface area contributed by atoms with Crippen molar-refractivity contribution in [3.63, 3.8) is 0 Å². The van der Waals surface area contributed by atoms with E-state index < -0.39 is 14.5 Å². The number of nitrogens with zero attached hydrogens (tertiary/aromatic N) is 8. The van der Waals surface area contributed by atoms with E-state index in [1.165, 1.54) is 0 Å². The van der Waals surface area contributed by atoms with Gasteiger partial charge in [0, 0.05) is 50.8 Å². The van der Waals surface area contributed by atoms with E-state index in [4.69, 9.17) is 40.0 Å². The van der Waals surface area contributed by atoms with Crippen molar-refractivity contribution in [2.45, 2.75) is 0 Å². The molecular formula is C45H26AlClN8. The lowest BCUT2D eigenvalue weighted by Gasteiger charge is -2.04. The van der Waals surface area contributed by atoms with Gasteiger partial charge in [-0.3, -0.25) is 0 Å². The van der Waals surface area contributed by atoms with Gasteiger partial charge in [-0.25, -0.2) is 40.0 Å². The number of rotatable bonds is 1. The molecule has 12 rings (SSSR count). The second-order valence-electron chi connectivity index (χ2n) is 14.1. The van der Waals surface area contributed by atoms with Crippen molar-refractivity contribution >= 4 is 101 Å². The topological polar surface area (TPSA) is 87.2 Å². The zero-order chi connectivity index (χ0) is 36.4. The maximum Gasteiger partial charge on any atom is 0.527 e. The first-order valence-corrected chi connectivity index (χ1v) is 20.9. The highest BCUT2D eigenvalue weighted by Crippen LogP contribution is 2.41. The molecule has 0 amide bonds. The fourth-order valence-corrected chi connectivity index (χ4v) is 9.75. The Morgan fingerprint density at radius 2 is 0.691 bits per heavy atom. The minimum atomic E-state index is -1.44. The molecule has 0 unspecified atom stereocenters. The van der Waals surface area contributed by atoms with Crippen LogP contribution in [0.4, 0.5) is 0 Å². The first kappa shape index (κ1) is 30.9. The summed E-state index contributed by atoms with van der Waals surface area (Å²) in [5, 5.41) is 10.5. The van der Waals surface area contributed by atoms with E-state index in [1.807, 2.05) is 23.7 Å². The number of hydrogen-bond donors (Lipinski definition) is 0. The first-order chi connectivity index (χ1) is 27.1. The van der Waals surface area contributed by atoms with Gasteiger partial charge in [-0.1, -0.05) is 97.1 Å². The third kappa shape index (κ3) is 4.52. The van der Waals surface area contributed by atoms with Crippen LogP contribution in [-0.2, 0) is 7.05 Å². The largest absolute Gasteiger partial charge is 0.527 e. The monoisotopic (exact) mass is 740 g/mol. The number of aryl methyl sites for hydroxylation is 1. The molecular weight excluding hydrogens is 715 g/mol. The Hall–Kier alpha value is -6.50. The predicted octanol–water partition coefficient (Wildman–Crippen LogP) is 10.2. The first-order valence-electron chi connectivity index (χ1n) is 18.1. The van der Waals surface area contributed by atoms with Crippen LogP contribution < -0.4 is 0 Å². The summed E-state index contributed by atoms with van der Waals surface area (Å²) >= 11 is -1.44. The molecule has 0 atom stereocenters. The molecule has 0 aliphatic carbocycles. The van der Waals surface area contributed by atoms with Gasteiger partial charge < -0.3 is 8.12 Å². The van der Waals surface area contributed by atoms with Crippen LogP contribution in [-0.4, -0.2) is 52.5 Å². The summed E-state index contributed by atoms with van der Waals surface area (Å²) in [6, 6.07) is 46.4. The normalized spacial score (nSPS) is 12.2. The van der Waals surface area contributed by atoms with Crippen molar-refractivity contribution in [1.82, 2.24) is 38.0 Å². The van der Waals surface area contributed by atoms with Crippen LogP contribution in [0, 0.1) is 0 Å². The van der Waals surface area contributed by atoms with Crippen LogP contribution in [0.5, 0.6) is 0 Å². The molecule has 5 heterocycles. The fraction of sp³-hybridized carbons (Fsp3) is 0.0222. The van der Waals surface area contributed by atoms with Crippen LogP contribution in [0.25, 0.3) is 122 Å². The maximum absolute atomic E-state index is 7.07. The van der Waals surface area contributed by atoms with Gasteiger partial charge in [-0.2, -0.15) is 0 Å². The summed E-state index contributed by atoms with van der Waals surface area (Å²) in [6.07, 6.45) is 0. The van der Waals surface area contributed by atoms with Gasteiger partial charge in [0.2, 0.25) is 0 Å². The Morgan fingerprint density at radius 3 is 1.04 bits per heavy atom. The zero-order valence-electron chi connectivity index (χ0n) is 29.4. The Labute approximate surface area is 323 Å². The van der Waals surface area contributed by atoms with Crippen LogP contribution in [0.2, 0.25) is 0 Å².